The average Bonchev–Trinajstić information content (AvgIpc) is 2.27. The fraction of sp³-hybridized carbons (Fsp3) is 0.917. The number of carbonyl (C=O) groups is 1. The lowest BCUT2D eigenvalue weighted by Gasteiger charge is -2.32. The maximum atomic E-state index is 11.2. The van der Waals surface area contributed by atoms with Crippen LogP contribution in [0.5, 0.6) is 0 Å². The van der Waals surface area contributed by atoms with E-state index in [4.69, 9.17) is 0 Å². The zero-order valence-corrected chi connectivity index (χ0v) is 9.90. The van der Waals surface area contributed by atoms with E-state index in [1.807, 2.05) is 0 Å². The van der Waals surface area contributed by atoms with E-state index in [9.17, 15) is 9.90 Å². The number of rotatable bonds is 3. The summed E-state index contributed by atoms with van der Waals surface area (Å²) >= 11 is 0. The van der Waals surface area contributed by atoms with E-state index in [1.165, 1.54) is 7.11 Å². The predicted molar refractivity (Wildman–Crippen MR) is 58.3 cm³/mol. The van der Waals surface area contributed by atoms with Gasteiger partial charge in [0.1, 0.15) is 0 Å². The van der Waals surface area contributed by atoms with Crippen molar-refractivity contribution < 1.29 is 14.6 Å². The van der Waals surface area contributed by atoms with Crippen molar-refractivity contribution in [1.29, 1.82) is 0 Å². The van der Waals surface area contributed by atoms with Gasteiger partial charge in [-0.25, -0.2) is 4.79 Å². The topological polar surface area (TPSA) is 46.5 Å². The molecule has 0 bridgehead atoms. The van der Waals surface area contributed by atoms with Gasteiger partial charge in [-0.1, -0.05) is 13.8 Å². The van der Waals surface area contributed by atoms with Crippen LogP contribution in [0, 0.1) is 17.8 Å². The minimum absolute atomic E-state index is 0.104. The summed E-state index contributed by atoms with van der Waals surface area (Å²) in [5, 5.41) is 9.69. The van der Waals surface area contributed by atoms with Crippen molar-refractivity contribution in [2.45, 2.75) is 45.6 Å². The highest BCUT2D eigenvalue weighted by atomic mass is 16.5. The van der Waals surface area contributed by atoms with Gasteiger partial charge in [-0.05, 0) is 43.4 Å². The van der Waals surface area contributed by atoms with Crippen LogP contribution in [0.25, 0.3) is 0 Å². The fourth-order valence-corrected chi connectivity index (χ4v) is 2.44. The molecule has 1 saturated carbocycles. The van der Waals surface area contributed by atoms with Crippen LogP contribution >= 0.6 is 0 Å². The summed E-state index contributed by atoms with van der Waals surface area (Å²) in [6.45, 7) is 4.48. The van der Waals surface area contributed by atoms with Crippen LogP contribution in [0.4, 0.5) is 0 Å². The number of ether oxygens (including phenoxy) is 1. The third-order valence-corrected chi connectivity index (χ3v) is 3.65. The summed E-state index contributed by atoms with van der Waals surface area (Å²) in [6, 6.07) is 0. The van der Waals surface area contributed by atoms with Gasteiger partial charge >= 0.3 is 5.97 Å². The molecule has 0 aromatic heterocycles. The number of methoxy groups -OCH3 is 1. The van der Waals surface area contributed by atoms with E-state index in [0.29, 0.717) is 5.92 Å². The van der Waals surface area contributed by atoms with Crippen LogP contribution in [-0.4, -0.2) is 24.3 Å². The average molecular weight is 214 g/mol. The molecule has 0 heterocycles. The highest BCUT2D eigenvalue weighted by Gasteiger charge is 2.31. The van der Waals surface area contributed by atoms with E-state index in [2.05, 4.69) is 18.6 Å². The van der Waals surface area contributed by atoms with Crippen LogP contribution in [0.1, 0.15) is 39.5 Å². The third kappa shape index (κ3) is 3.20. The highest BCUT2D eigenvalue weighted by Crippen LogP contribution is 2.34. The molecule has 1 aliphatic rings. The van der Waals surface area contributed by atoms with Gasteiger partial charge in [-0.3, -0.25) is 0 Å². The van der Waals surface area contributed by atoms with E-state index in [1.54, 1.807) is 0 Å². The van der Waals surface area contributed by atoms with Gasteiger partial charge in [0.25, 0.3) is 0 Å². The summed E-state index contributed by atoms with van der Waals surface area (Å²) < 4.78 is 4.55. The van der Waals surface area contributed by atoms with Crippen LogP contribution in [0.2, 0.25) is 0 Å². The lowest BCUT2D eigenvalue weighted by molar-refractivity contribution is -0.154. The third-order valence-electron chi connectivity index (χ3n) is 3.65. The van der Waals surface area contributed by atoms with Gasteiger partial charge in [0.15, 0.2) is 6.10 Å². The molecule has 0 spiro atoms. The largest absolute Gasteiger partial charge is 0.467 e. The Bertz CT molecular complexity index is 205. The molecular formula is C12H22O3. The van der Waals surface area contributed by atoms with Gasteiger partial charge in [0.05, 0.1) is 7.11 Å². The second kappa shape index (κ2) is 5.50. The zero-order chi connectivity index (χ0) is 11.4. The Hall–Kier alpha value is -0.570. The Morgan fingerprint density at radius 1 is 1.20 bits per heavy atom. The first kappa shape index (κ1) is 12.5. The lowest BCUT2D eigenvalue weighted by atomic mass is 9.75. The minimum atomic E-state index is -0.914. The molecule has 1 fully saturated rings. The molecule has 1 unspecified atom stereocenters. The van der Waals surface area contributed by atoms with Gasteiger partial charge in [0.2, 0.25) is 0 Å². The molecule has 1 rings (SSSR count). The highest BCUT2D eigenvalue weighted by molar-refractivity contribution is 5.74. The maximum Gasteiger partial charge on any atom is 0.334 e. The number of esters is 1. The summed E-state index contributed by atoms with van der Waals surface area (Å²) in [5.41, 5.74) is 0. The van der Waals surface area contributed by atoms with Gasteiger partial charge in [0, 0.05) is 0 Å². The Labute approximate surface area is 91.8 Å². The fourth-order valence-electron chi connectivity index (χ4n) is 2.44. The minimum Gasteiger partial charge on any atom is -0.467 e. The molecule has 0 aromatic carbocycles. The maximum absolute atomic E-state index is 11.2. The van der Waals surface area contributed by atoms with Crippen molar-refractivity contribution in [3.8, 4) is 0 Å². The van der Waals surface area contributed by atoms with Crippen molar-refractivity contribution in [3.05, 3.63) is 0 Å². The number of hydrogen-bond donors (Lipinski definition) is 1. The quantitative estimate of drug-likeness (QED) is 0.731. The van der Waals surface area contributed by atoms with Crippen molar-refractivity contribution >= 4 is 5.97 Å². The van der Waals surface area contributed by atoms with Crippen LogP contribution < -0.4 is 0 Å². The molecule has 1 N–H and O–H groups in total. The normalized spacial score (nSPS) is 28.9. The van der Waals surface area contributed by atoms with E-state index < -0.39 is 12.1 Å². The second-order valence-electron chi connectivity index (χ2n) is 4.89. The van der Waals surface area contributed by atoms with E-state index >= 15 is 0 Å². The Morgan fingerprint density at radius 2 is 1.67 bits per heavy atom. The molecule has 88 valence electrons. The first-order valence-electron chi connectivity index (χ1n) is 5.82. The monoisotopic (exact) mass is 214 g/mol. The second-order valence-corrected chi connectivity index (χ2v) is 4.89. The molecule has 3 nitrogen and oxygen atoms in total. The molecule has 15 heavy (non-hydrogen) atoms. The van der Waals surface area contributed by atoms with Crippen molar-refractivity contribution in [1.82, 2.24) is 0 Å². The lowest BCUT2D eigenvalue weighted by Crippen LogP contribution is -2.34. The number of aliphatic hydroxyl groups excluding tert-OH is 1. The Kier molecular flexibility index (Phi) is 4.58. The van der Waals surface area contributed by atoms with Crippen molar-refractivity contribution in [2.24, 2.45) is 17.8 Å². The van der Waals surface area contributed by atoms with E-state index in [0.717, 1.165) is 31.6 Å². The summed E-state index contributed by atoms with van der Waals surface area (Å²) in [4.78, 5) is 11.2. The van der Waals surface area contributed by atoms with Gasteiger partial charge in [-0.2, -0.15) is 0 Å². The van der Waals surface area contributed by atoms with E-state index in [-0.39, 0.29) is 5.92 Å². The Morgan fingerprint density at radius 3 is 2.07 bits per heavy atom. The summed E-state index contributed by atoms with van der Waals surface area (Å²) in [7, 11) is 1.32. The molecule has 0 radical (unpaired) electrons. The number of carbonyl (C=O) groups excluding carboxylic acids is 1. The Balaban J connectivity index is 2.40. The smallest absolute Gasteiger partial charge is 0.334 e. The van der Waals surface area contributed by atoms with Crippen LogP contribution in [0.3, 0.4) is 0 Å². The first-order chi connectivity index (χ1) is 7.06. The van der Waals surface area contributed by atoms with Gasteiger partial charge < -0.3 is 9.84 Å². The van der Waals surface area contributed by atoms with Crippen molar-refractivity contribution in [3.63, 3.8) is 0 Å². The van der Waals surface area contributed by atoms with Crippen molar-refractivity contribution in [2.75, 3.05) is 7.11 Å². The van der Waals surface area contributed by atoms with Crippen LogP contribution in [-0.2, 0) is 9.53 Å². The van der Waals surface area contributed by atoms with Gasteiger partial charge in [-0.15, -0.1) is 0 Å². The standard InChI is InChI=1S/C12H22O3/c1-8(2)9-4-6-10(7-5-9)11(13)12(14)15-3/h8-11,13H,4-7H2,1-3H3. The zero-order valence-electron chi connectivity index (χ0n) is 9.90. The molecule has 1 aliphatic carbocycles. The number of hydrogen-bond acceptors (Lipinski definition) is 3. The van der Waals surface area contributed by atoms with Crippen LogP contribution in [0.15, 0.2) is 0 Å². The molecule has 0 amide bonds. The number of aliphatic hydroxyl groups is 1. The molecule has 0 aliphatic heterocycles. The summed E-state index contributed by atoms with van der Waals surface area (Å²) in [6.07, 6.45) is 3.22. The molecule has 0 aromatic rings. The first-order valence-corrected chi connectivity index (χ1v) is 5.82. The molecular weight excluding hydrogens is 192 g/mol. The molecule has 3 heteroatoms. The summed E-state index contributed by atoms with van der Waals surface area (Å²) in [5.74, 6) is 1.09. The molecule has 1 atom stereocenters. The molecule has 0 saturated heterocycles. The SMILES string of the molecule is COC(=O)C(O)C1CCC(C(C)C)CC1. The predicted octanol–water partition coefficient (Wildman–Crippen LogP) is 1.98.